The topological polar surface area (TPSA) is 74.7 Å². The lowest BCUT2D eigenvalue weighted by molar-refractivity contribution is -0.136. The maximum absolute atomic E-state index is 10.4. The molecule has 0 atom stereocenters. The number of rotatable bonds is 2. The number of hydrogen-bond donors (Lipinski definition) is 3. The van der Waals surface area contributed by atoms with Crippen LogP contribution in [0, 0.1) is 0 Å². The smallest absolute Gasteiger partial charge is 0.323 e. The molecule has 0 saturated carbocycles. The van der Waals surface area contributed by atoms with E-state index in [0.29, 0.717) is 4.90 Å². The van der Waals surface area contributed by atoms with Crippen molar-refractivity contribution in [2.45, 2.75) is 0 Å². The van der Waals surface area contributed by atoms with Crippen LogP contribution in [-0.2, 0) is 4.79 Å². The number of carboxylic acid groups (broad SMARTS) is 1. The van der Waals surface area contributed by atoms with Gasteiger partial charge in [-0.3, -0.25) is 19.3 Å². The quantitative estimate of drug-likeness (QED) is 0.560. The fraction of sp³-hybridized carbons (Fsp3) is 0.250. The Bertz CT molecular complexity index is 190. The van der Waals surface area contributed by atoms with E-state index in [1.54, 1.807) is 0 Å². The third-order valence-electron chi connectivity index (χ3n) is 0.755. The van der Waals surface area contributed by atoms with E-state index < -0.39 is 23.0 Å². The molecule has 0 aliphatic heterocycles. The first kappa shape index (κ1) is 10.3. The van der Waals surface area contributed by atoms with Gasteiger partial charge in [-0.25, -0.2) is 0 Å². The summed E-state index contributed by atoms with van der Waals surface area (Å²) in [6, 6.07) is 0. The minimum Gasteiger partial charge on any atom is -0.480 e. The average Bonchev–Trinajstić information content (AvgIpc) is 1.81. The molecule has 0 aliphatic carbocycles. The van der Waals surface area contributed by atoms with Gasteiger partial charge < -0.3 is 5.11 Å². The van der Waals surface area contributed by atoms with Crippen LogP contribution in [0.2, 0.25) is 0 Å². The highest BCUT2D eigenvalue weighted by molar-refractivity contribution is 7.98. The van der Waals surface area contributed by atoms with Crippen molar-refractivity contribution in [1.29, 1.82) is 0 Å². The number of hydrogen-bond acceptors (Lipinski definition) is 3. The molecule has 62 valence electrons. The average molecular weight is 195 g/mol. The van der Waals surface area contributed by atoms with Crippen molar-refractivity contribution in [2.24, 2.45) is 0 Å². The highest BCUT2D eigenvalue weighted by Crippen LogP contribution is 2.00. The van der Waals surface area contributed by atoms with Crippen LogP contribution >= 0.6 is 25.3 Å². The standard InChI is InChI=1S/C4H5NO4S2/c6-2(7)1-5(3(8)10)4(9)11/h1H2,(H,6,7)(H,8,10)(H,9,11). The number of amides is 2. The van der Waals surface area contributed by atoms with Gasteiger partial charge in [0.25, 0.3) is 10.5 Å². The van der Waals surface area contributed by atoms with Gasteiger partial charge >= 0.3 is 5.97 Å². The van der Waals surface area contributed by atoms with Crippen LogP contribution in [0.3, 0.4) is 0 Å². The molecule has 7 heteroatoms. The molecular weight excluding hydrogens is 190 g/mol. The molecule has 0 spiro atoms. The Morgan fingerprint density at radius 2 is 1.55 bits per heavy atom. The fourth-order valence-corrected chi connectivity index (χ4v) is 0.754. The van der Waals surface area contributed by atoms with Gasteiger partial charge in [0.05, 0.1) is 0 Å². The molecule has 0 rings (SSSR count). The molecule has 0 aromatic rings. The van der Waals surface area contributed by atoms with E-state index in [1.807, 2.05) is 0 Å². The molecule has 0 radical (unpaired) electrons. The molecule has 2 amide bonds. The molecule has 1 N–H and O–H groups in total. The fourth-order valence-electron chi connectivity index (χ4n) is 0.352. The number of carboxylic acids is 1. The predicted molar refractivity (Wildman–Crippen MR) is 43.1 cm³/mol. The van der Waals surface area contributed by atoms with Crippen LogP contribution in [0.5, 0.6) is 0 Å². The number of carbonyl (C=O) groups is 3. The van der Waals surface area contributed by atoms with E-state index in [1.165, 1.54) is 0 Å². The number of thiol groups is 2. The third-order valence-corrected chi connectivity index (χ3v) is 1.24. The van der Waals surface area contributed by atoms with Gasteiger partial charge in [-0.2, -0.15) is 0 Å². The first-order valence-corrected chi connectivity index (χ1v) is 3.29. The molecule has 0 heterocycles. The second kappa shape index (κ2) is 4.24. The van der Waals surface area contributed by atoms with Gasteiger partial charge in [0.15, 0.2) is 0 Å². The van der Waals surface area contributed by atoms with Crippen molar-refractivity contribution in [3.8, 4) is 0 Å². The van der Waals surface area contributed by atoms with E-state index in [4.69, 9.17) is 5.11 Å². The zero-order chi connectivity index (χ0) is 9.02. The lowest BCUT2D eigenvalue weighted by atomic mass is 10.6. The monoisotopic (exact) mass is 195 g/mol. The van der Waals surface area contributed by atoms with Crippen molar-refractivity contribution >= 4 is 41.7 Å². The van der Waals surface area contributed by atoms with E-state index in [0.717, 1.165) is 0 Å². The summed E-state index contributed by atoms with van der Waals surface area (Å²) >= 11 is 6.52. The zero-order valence-corrected chi connectivity index (χ0v) is 7.01. The summed E-state index contributed by atoms with van der Waals surface area (Å²) in [5.74, 6) is -1.30. The van der Waals surface area contributed by atoms with Gasteiger partial charge in [0.1, 0.15) is 6.54 Å². The molecule has 0 unspecified atom stereocenters. The van der Waals surface area contributed by atoms with E-state index >= 15 is 0 Å². The Hall–Kier alpha value is -0.690. The Morgan fingerprint density at radius 3 is 1.64 bits per heavy atom. The molecule has 0 aromatic carbocycles. The lowest BCUT2D eigenvalue weighted by Gasteiger charge is -2.11. The second-order valence-electron chi connectivity index (χ2n) is 1.55. The van der Waals surface area contributed by atoms with Gasteiger partial charge in [-0.05, 0) is 0 Å². The zero-order valence-electron chi connectivity index (χ0n) is 5.22. The highest BCUT2D eigenvalue weighted by atomic mass is 32.1. The van der Waals surface area contributed by atoms with E-state index in [-0.39, 0.29) is 0 Å². The minimum absolute atomic E-state index is 0.383. The summed E-state index contributed by atoms with van der Waals surface area (Å²) in [5.41, 5.74) is 0. The van der Waals surface area contributed by atoms with Crippen molar-refractivity contribution in [3.05, 3.63) is 0 Å². The SMILES string of the molecule is O=C(O)CN(C(=O)S)C(=O)S. The van der Waals surface area contributed by atoms with Gasteiger partial charge in [0.2, 0.25) is 0 Å². The molecule has 0 bridgehead atoms. The Morgan fingerprint density at radius 1 is 1.18 bits per heavy atom. The summed E-state index contributed by atoms with van der Waals surface area (Å²) in [7, 11) is 0. The molecule has 5 nitrogen and oxygen atoms in total. The van der Waals surface area contributed by atoms with Crippen LogP contribution < -0.4 is 0 Å². The van der Waals surface area contributed by atoms with Gasteiger partial charge in [0, 0.05) is 0 Å². The summed E-state index contributed by atoms with van der Waals surface area (Å²) in [4.78, 5) is 31.1. The Labute approximate surface area is 73.2 Å². The minimum atomic E-state index is -1.30. The normalized spacial score (nSPS) is 8.91. The molecule has 0 aliphatic rings. The van der Waals surface area contributed by atoms with Crippen molar-refractivity contribution in [2.75, 3.05) is 6.54 Å². The predicted octanol–water partition coefficient (Wildman–Crippen LogP) is 0.473. The van der Waals surface area contributed by atoms with Gasteiger partial charge in [-0.1, -0.05) is 25.3 Å². The maximum Gasteiger partial charge on any atom is 0.323 e. The van der Waals surface area contributed by atoms with Crippen LogP contribution in [-0.4, -0.2) is 33.0 Å². The summed E-state index contributed by atoms with van der Waals surface area (Å²) in [6.07, 6.45) is 0. The van der Waals surface area contributed by atoms with E-state index in [2.05, 4.69) is 25.3 Å². The van der Waals surface area contributed by atoms with E-state index in [9.17, 15) is 14.4 Å². The summed E-state index contributed by atoms with van der Waals surface area (Å²) in [5, 5.41) is 6.29. The molecule has 0 aromatic heterocycles. The lowest BCUT2D eigenvalue weighted by Crippen LogP contribution is -2.33. The third kappa shape index (κ3) is 3.89. The first-order valence-electron chi connectivity index (χ1n) is 2.40. The van der Waals surface area contributed by atoms with Gasteiger partial charge in [-0.15, -0.1) is 0 Å². The highest BCUT2D eigenvalue weighted by Gasteiger charge is 2.17. The Balaban J connectivity index is 4.23. The Kier molecular flexibility index (Phi) is 3.98. The molecule has 0 fully saturated rings. The first-order chi connectivity index (χ1) is 4.95. The van der Waals surface area contributed by atoms with Crippen molar-refractivity contribution < 1.29 is 19.5 Å². The molecule has 0 saturated heterocycles. The summed E-state index contributed by atoms with van der Waals surface area (Å²) in [6.45, 7) is -0.718. The number of imide groups is 1. The number of aliphatic carboxylic acids is 1. The van der Waals surface area contributed by atoms with Crippen LogP contribution in [0.4, 0.5) is 9.59 Å². The van der Waals surface area contributed by atoms with Crippen LogP contribution in [0.1, 0.15) is 0 Å². The molecule has 11 heavy (non-hydrogen) atoms. The second-order valence-corrected chi connectivity index (χ2v) is 2.31. The number of nitrogens with zero attached hydrogens (tertiary/aromatic N) is 1. The van der Waals surface area contributed by atoms with Crippen LogP contribution in [0.25, 0.3) is 0 Å². The number of carbonyl (C=O) groups excluding carboxylic acids is 2. The molecular formula is C4H5NO4S2. The van der Waals surface area contributed by atoms with Crippen LogP contribution in [0.15, 0.2) is 0 Å². The largest absolute Gasteiger partial charge is 0.480 e. The van der Waals surface area contributed by atoms with Crippen molar-refractivity contribution in [3.63, 3.8) is 0 Å². The maximum atomic E-state index is 10.4. The summed E-state index contributed by atoms with van der Waals surface area (Å²) < 4.78 is 0. The van der Waals surface area contributed by atoms with Crippen molar-refractivity contribution in [1.82, 2.24) is 4.90 Å².